The van der Waals surface area contributed by atoms with Crippen LogP contribution < -0.4 is 11.5 Å². The van der Waals surface area contributed by atoms with Crippen LogP contribution in [-0.4, -0.2) is 23.1 Å². The van der Waals surface area contributed by atoms with Gasteiger partial charge in [-0.05, 0) is 43.0 Å². The van der Waals surface area contributed by atoms with Crippen molar-refractivity contribution in [3.8, 4) is 11.1 Å². The van der Waals surface area contributed by atoms with Crippen molar-refractivity contribution in [1.29, 1.82) is 0 Å². The normalized spacial score (nSPS) is 12.7. The van der Waals surface area contributed by atoms with Crippen LogP contribution in [-0.2, 0) is 11.3 Å². The molecular formula is C20H26N4O. The number of ether oxygens (including phenoxy) is 1. The van der Waals surface area contributed by atoms with E-state index in [1.807, 2.05) is 6.20 Å². The Hall–Kier alpha value is -2.21. The Bertz CT molecular complexity index is 885. The average Bonchev–Trinajstić information content (AvgIpc) is 3.01. The SMILES string of the molecule is COCCC(N)c1cnc2cc(CN)c(-c3ccc(C)cc3C)cn12. The van der Waals surface area contributed by atoms with Gasteiger partial charge in [-0.1, -0.05) is 23.8 Å². The predicted octanol–water partition coefficient (Wildman–Crippen LogP) is 3.11. The molecule has 3 rings (SSSR count). The number of pyridine rings is 1. The van der Waals surface area contributed by atoms with Crippen LogP contribution in [0, 0.1) is 13.8 Å². The van der Waals surface area contributed by atoms with Crippen LogP contribution in [0.4, 0.5) is 0 Å². The Labute approximate surface area is 148 Å². The maximum absolute atomic E-state index is 6.34. The van der Waals surface area contributed by atoms with Crippen molar-refractivity contribution in [2.45, 2.75) is 32.9 Å². The lowest BCUT2D eigenvalue weighted by Crippen LogP contribution is -2.15. The number of benzene rings is 1. The van der Waals surface area contributed by atoms with Gasteiger partial charge in [-0.15, -0.1) is 0 Å². The minimum Gasteiger partial charge on any atom is -0.385 e. The fraction of sp³-hybridized carbons (Fsp3) is 0.350. The zero-order valence-electron chi connectivity index (χ0n) is 15.1. The molecular weight excluding hydrogens is 312 g/mol. The molecule has 5 nitrogen and oxygen atoms in total. The van der Waals surface area contributed by atoms with Gasteiger partial charge in [0, 0.05) is 38.1 Å². The number of hydrogen-bond donors (Lipinski definition) is 2. The quantitative estimate of drug-likeness (QED) is 0.724. The number of fused-ring (bicyclic) bond motifs is 1. The topological polar surface area (TPSA) is 78.6 Å². The molecule has 2 heterocycles. The minimum atomic E-state index is -0.120. The van der Waals surface area contributed by atoms with Crippen molar-refractivity contribution in [2.75, 3.05) is 13.7 Å². The zero-order valence-corrected chi connectivity index (χ0v) is 15.1. The van der Waals surface area contributed by atoms with Gasteiger partial charge in [0.15, 0.2) is 0 Å². The molecule has 5 heteroatoms. The average molecular weight is 338 g/mol. The summed E-state index contributed by atoms with van der Waals surface area (Å²) in [6, 6.07) is 8.42. The summed E-state index contributed by atoms with van der Waals surface area (Å²) in [4.78, 5) is 4.51. The fourth-order valence-electron chi connectivity index (χ4n) is 3.28. The molecule has 1 atom stereocenters. The maximum atomic E-state index is 6.34. The van der Waals surface area contributed by atoms with Crippen molar-refractivity contribution in [3.63, 3.8) is 0 Å². The van der Waals surface area contributed by atoms with E-state index in [2.05, 4.69) is 53.7 Å². The molecule has 0 amide bonds. The van der Waals surface area contributed by atoms with E-state index in [9.17, 15) is 0 Å². The van der Waals surface area contributed by atoms with E-state index in [0.29, 0.717) is 13.2 Å². The maximum Gasteiger partial charge on any atom is 0.137 e. The van der Waals surface area contributed by atoms with E-state index in [4.69, 9.17) is 16.2 Å². The van der Waals surface area contributed by atoms with Gasteiger partial charge in [0.1, 0.15) is 5.65 Å². The van der Waals surface area contributed by atoms with E-state index >= 15 is 0 Å². The van der Waals surface area contributed by atoms with Gasteiger partial charge < -0.3 is 20.6 Å². The van der Waals surface area contributed by atoms with Crippen LogP contribution in [0.2, 0.25) is 0 Å². The minimum absolute atomic E-state index is 0.120. The molecule has 0 aliphatic carbocycles. The molecule has 3 aromatic rings. The molecule has 0 aliphatic rings. The van der Waals surface area contributed by atoms with Gasteiger partial charge in [-0.2, -0.15) is 0 Å². The number of imidazole rings is 1. The van der Waals surface area contributed by atoms with E-state index < -0.39 is 0 Å². The number of nitrogens with two attached hydrogens (primary N) is 2. The molecule has 0 aliphatic heterocycles. The van der Waals surface area contributed by atoms with Crippen molar-refractivity contribution in [3.05, 3.63) is 59.0 Å². The van der Waals surface area contributed by atoms with Gasteiger partial charge in [0.25, 0.3) is 0 Å². The van der Waals surface area contributed by atoms with Crippen molar-refractivity contribution < 1.29 is 4.74 Å². The fourth-order valence-corrected chi connectivity index (χ4v) is 3.28. The summed E-state index contributed by atoms with van der Waals surface area (Å²) in [6.07, 6.45) is 4.72. The first-order valence-electron chi connectivity index (χ1n) is 8.57. The van der Waals surface area contributed by atoms with Gasteiger partial charge >= 0.3 is 0 Å². The summed E-state index contributed by atoms with van der Waals surface area (Å²) in [6.45, 7) is 5.33. The molecule has 132 valence electrons. The summed E-state index contributed by atoms with van der Waals surface area (Å²) in [5, 5.41) is 0. The smallest absolute Gasteiger partial charge is 0.137 e. The Kier molecular flexibility index (Phi) is 5.18. The Balaban J connectivity index is 2.14. The number of rotatable bonds is 6. The monoisotopic (exact) mass is 338 g/mol. The van der Waals surface area contributed by atoms with Crippen LogP contribution in [0.3, 0.4) is 0 Å². The first-order chi connectivity index (χ1) is 12.0. The van der Waals surface area contributed by atoms with E-state index in [-0.39, 0.29) is 6.04 Å². The summed E-state index contributed by atoms with van der Waals surface area (Å²) < 4.78 is 7.23. The predicted molar refractivity (Wildman–Crippen MR) is 101 cm³/mol. The molecule has 0 bridgehead atoms. The Morgan fingerprint density at radius 3 is 2.68 bits per heavy atom. The van der Waals surface area contributed by atoms with E-state index in [0.717, 1.165) is 28.9 Å². The first kappa shape index (κ1) is 17.6. The van der Waals surface area contributed by atoms with Gasteiger partial charge in [0.05, 0.1) is 11.9 Å². The molecule has 25 heavy (non-hydrogen) atoms. The summed E-state index contributed by atoms with van der Waals surface area (Å²) in [5.74, 6) is 0. The molecule has 1 aromatic carbocycles. The standard InChI is InChI=1S/C20H26N4O/c1-13-4-5-16(14(2)8-13)17-12-24-19(18(22)6-7-25-3)11-23-20(24)9-15(17)10-21/h4-5,8-9,11-12,18H,6-7,10,21-22H2,1-3H3. The number of hydrogen-bond acceptors (Lipinski definition) is 4. The second-order valence-corrected chi connectivity index (χ2v) is 6.53. The highest BCUT2D eigenvalue weighted by Crippen LogP contribution is 2.29. The van der Waals surface area contributed by atoms with E-state index in [1.54, 1.807) is 7.11 Å². The van der Waals surface area contributed by atoms with Crippen LogP contribution in [0.5, 0.6) is 0 Å². The highest BCUT2D eigenvalue weighted by Gasteiger charge is 2.15. The lowest BCUT2D eigenvalue weighted by molar-refractivity contribution is 0.187. The zero-order chi connectivity index (χ0) is 18.0. The lowest BCUT2D eigenvalue weighted by Gasteiger charge is -2.15. The first-order valence-corrected chi connectivity index (χ1v) is 8.57. The van der Waals surface area contributed by atoms with Crippen LogP contribution in [0.15, 0.2) is 36.7 Å². The molecule has 0 radical (unpaired) electrons. The number of nitrogens with zero attached hydrogens (tertiary/aromatic N) is 2. The summed E-state index contributed by atoms with van der Waals surface area (Å²) in [7, 11) is 1.69. The number of methoxy groups -OCH3 is 1. The van der Waals surface area contributed by atoms with Crippen molar-refractivity contribution in [1.82, 2.24) is 9.38 Å². The molecule has 0 saturated carbocycles. The number of aromatic nitrogens is 2. The Morgan fingerprint density at radius 1 is 1.20 bits per heavy atom. The third-order valence-corrected chi connectivity index (χ3v) is 4.67. The molecule has 0 saturated heterocycles. The van der Waals surface area contributed by atoms with Crippen molar-refractivity contribution >= 4 is 5.65 Å². The molecule has 1 unspecified atom stereocenters. The molecule has 0 spiro atoms. The second-order valence-electron chi connectivity index (χ2n) is 6.53. The Morgan fingerprint density at radius 2 is 2.00 bits per heavy atom. The highest BCUT2D eigenvalue weighted by molar-refractivity contribution is 5.72. The number of aryl methyl sites for hydroxylation is 2. The van der Waals surface area contributed by atoms with Crippen LogP contribution in [0.25, 0.3) is 16.8 Å². The lowest BCUT2D eigenvalue weighted by atomic mass is 9.96. The van der Waals surface area contributed by atoms with Crippen LogP contribution >= 0.6 is 0 Å². The third-order valence-electron chi connectivity index (χ3n) is 4.67. The highest BCUT2D eigenvalue weighted by atomic mass is 16.5. The molecule has 0 fully saturated rings. The summed E-state index contributed by atoms with van der Waals surface area (Å²) >= 11 is 0. The molecule has 2 aromatic heterocycles. The van der Waals surface area contributed by atoms with Gasteiger partial charge in [-0.3, -0.25) is 0 Å². The van der Waals surface area contributed by atoms with Gasteiger partial charge in [-0.25, -0.2) is 4.98 Å². The van der Waals surface area contributed by atoms with Crippen molar-refractivity contribution in [2.24, 2.45) is 11.5 Å². The molecule has 4 N–H and O–H groups in total. The second kappa shape index (κ2) is 7.35. The van der Waals surface area contributed by atoms with Gasteiger partial charge in [0.2, 0.25) is 0 Å². The third kappa shape index (κ3) is 3.44. The van der Waals surface area contributed by atoms with Crippen LogP contribution in [0.1, 0.15) is 34.8 Å². The summed E-state index contributed by atoms with van der Waals surface area (Å²) in [5.41, 5.74) is 20.1. The van der Waals surface area contributed by atoms with E-state index in [1.165, 1.54) is 16.7 Å². The largest absolute Gasteiger partial charge is 0.385 e.